The molecule has 1 rings (SSSR count). The number of aromatic nitrogens is 2. The molecule has 1 aromatic heterocycles. The molecule has 96 valence electrons. The number of thiol groups is 1. The smallest absolute Gasteiger partial charge is 0.233 e. The van der Waals surface area contributed by atoms with E-state index >= 15 is 0 Å². The van der Waals surface area contributed by atoms with E-state index < -0.39 is 0 Å². The molecule has 1 heterocycles. The number of aryl methyl sites for hydroxylation is 1. The third kappa shape index (κ3) is 5.26. The molecule has 0 saturated heterocycles. The topological polar surface area (TPSA) is 46.9 Å². The molecular formula is C12H21N3OS. The summed E-state index contributed by atoms with van der Waals surface area (Å²) in [5, 5.41) is 2.70. The van der Waals surface area contributed by atoms with Gasteiger partial charge >= 0.3 is 0 Å². The Morgan fingerprint density at radius 3 is 2.82 bits per heavy atom. The van der Waals surface area contributed by atoms with Crippen molar-refractivity contribution in [2.24, 2.45) is 5.92 Å². The third-order valence-electron chi connectivity index (χ3n) is 2.60. The van der Waals surface area contributed by atoms with Gasteiger partial charge in [0.2, 0.25) is 5.91 Å². The number of hydrogen-bond acceptors (Lipinski definition) is 3. The van der Waals surface area contributed by atoms with Crippen LogP contribution in [0.5, 0.6) is 0 Å². The van der Waals surface area contributed by atoms with Crippen LogP contribution in [0.3, 0.4) is 0 Å². The first-order valence-corrected chi connectivity index (χ1v) is 6.54. The largest absolute Gasteiger partial charge is 0.355 e. The lowest BCUT2D eigenvalue weighted by Crippen LogP contribution is -2.35. The second kappa shape index (κ2) is 7.37. The minimum atomic E-state index is -0.205. The van der Waals surface area contributed by atoms with Crippen LogP contribution >= 0.6 is 12.6 Å². The predicted octanol–water partition coefficient (Wildman–Crippen LogP) is 1.73. The average molecular weight is 255 g/mol. The zero-order valence-electron chi connectivity index (χ0n) is 10.5. The summed E-state index contributed by atoms with van der Waals surface area (Å²) in [6, 6.07) is 0. The lowest BCUT2D eigenvalue weighted by Gasteiger charge is -2.14. The van der Waals surface area contributed by atoms with Gasteiger partial charge in [-0.2, -0.15) is 12.6 Å². The molecule has 0 bridgehead atoms. The highest BCUT2D eigenvalue weighted by Gasteiger charge is 2.16. The monoisotopic (exact) mass is 255 g/mol. The fraction of sp³-hybridized carbons (Fsp3) is 0.667. The Labute approximate surface area is 108 Å². The van der Waals surface area contributed by atoms with Gasteiger partial charge in [0.1, 0.15) is 0 Å². The van der Waals surface area contributed by atoms with E-state index in [9.17, 15) is 4.79 Å². The Hall–Kier alpha value is -0.970. The van der Waals surface area contributed by atoms with E-state index in [2.05, 4.69) is 22.9 Å². The van der Waals surface area contributed by atoms with Crippen LogP contribution in [0.15, 0.2) is 18.7 Å². The molecule has 0 radical (unpaired) electrons. The van der Waals surface area contributed by atoms with Crippen molar-refractivity contribution in [2.45, 2.75) is 38.5 Å². The molecule has 1 unspecified atom stereocenters. The normalized spacial score (nSPS) is 12.7. The van der Waals surface area contributed by atoms with Gasteiger partial charge in [-0.3, -0.25) is 4.79 Å². The van der Waals surface area contributed by atoms with Crippen molar-refractivity contribution in [3.05, 3.63) is 18.7 Å². The van der Waals surface area contributed by atoms with Crippen LogP contribution in [0.1, 0.15) is 26.7 Å². The third-order valence-corrected chi connectivity index (χ3v) is 3.43. The highest BCUT2D eigenvalue weighted by molar-refractivity contribution is 7.81. The standard InChI is InChI=1S/C12H21N3OS/c1-10(2)11(17)12(16)14-5-3-4-7-15-8-6-13-9-15/h6,8-11,17H,3-5,7H2,1-2H3,(H,14,16). The van der Waals surface area contributed by atoms with Crippen molar-refractivity contribution in [1.29, 1.82) is 0 Å². The van der Waals surface area contributed by atoms with E-state index in [4.69, 9.17) is 0 Å². The van der Waals surface area contributed by atoms with Gasteiger partial charge in [-0.05, 0) is 18.8 Å². The van der Waals surface area contributed by atoms with Crippen LogP contribution in [0.2, 0.25) is 0 Å². The van der Waals surface area contributed by atoms with Gasteiger partial charge in [0.05, 0.1) is 11.6 Å². The number of nitrogens with zero attached hydrogens (tertiary/aromatic N) is 2. The van der Waals surface area contributed by atoms with E-state index in [0.29, 0.717) is 0 Å². The Balaban J connectivity index is 2.06. The number of rotatable bonds is 7. The number of unbranched alkanes of at least 4 members (excludes halogenated alkanes) is 1. The molecule has 0 saturated carbocycles. The first-order valence-electron chi connectivity index (χ1n) is 6.02. The summed E-state index contributed by atoms with van der Waals surface area (Å²) in [5.74, 6) is 0.301. The molecule has 4 nitrogen and oxygen atoms in total. The molecule has 0 fully saturated rings. The summed E-state index contributed by atoms with van der Waals surface area (Å²) in [7, 11) is 0. The van der Waals surface area contributed by atoms with Gasteiger partial charge in [-0.25, -0.2) is 4.98 Å². The zero-order chi connectivity index (χ0) is 12.7. The van der Waals surface area contributed by atoms with Crippen molar-refractivity contribution in [3.63, 3.8) is 0 Å². The van der Waals surface area contributed by atoms with Gasteiger partial charge in [-0.1, -0.05) is 13.8 Å². The minimum absolute atomic E-state index is 0.0333. The Morgan fingerprint density at radius 2 is 2.24 bits per heavy atom. The molecule has 17 heavy (non-hydrogen) atoms. The Kier molecular flexibility index (Phi) is 6.11. The molecule has 1 amide bonds. The summed E-state index contributed by atoms with van der Waals surface area (Å²) in [5.41, 5.74) is 0. The van der Waals surface area contributed by atoms with Crippen molar-refractivity contribution < 1.29 is 4.79 Å². The number of imidazole rings is 1. The minimum Gasteiger partial charge on any atom is -0.355 e. The summed E-state index contributed by atoms with van der Waals surface area (Å²) in [4.78, 5) is 15.5. The number of amides is 1. The van der Waals surface area contributed by atoms with Crippen LogP contribution in [0.4, 0.5) is 0 Å². The number of nitrogens with one attached hydrogen (secondary N) is 1. The maximum atomic E-state index is 11.6. The van der Waals surface area contributed by atoms with Crippen LogP contribution in [0.25, 0.3) is 0 Å². The highest BCUT2D eigenvalue weighted by atomic mass is 32.1. The van der Waals surface area contributed by atoms with Crippen molar-refractivity contribution in [3.8, 4) is 0 Å². The lowest BCUT2D eigenvalue weighted by molar-refractivity contribution is -0.121. The summed E-state index contributed by atoms with van der Waals surface area (Å²) in [6.45, 7) is 5.66. The Bertz CT molecular complexity index is 325. The van der Waals surface area contributed by atoms with E-state index in [0.717, 1.165) is 25.9 Å². The summed E-state index contributed by atoms with van der Waals surface area (Å²) in [6.07, 6.45) is 7.54. The molecule has 0 aliphatic carbocycles. The first-order chi connectivity index (χ1) is 8.11. The predicted molar refractivity (Wildman–Crippen MR) is 72.1 cm³/mol. The highest BCUT2D eigenvalue weighted by Crippen LogP contribution is 2.08. The molecule has 0 aliphatic heterocycles. The molecule has 0 aliphatic rings. The van der Waals surface area contributed by atoms with Crippen LogP contribution < -0.4 is 5.32 Å². The van der Waals surface area contributed by atoms with Gasteiger partial charge < -0.3 is 9.88 Å². The van der Waals surface area contributed by atoms with Gasteiger partial charge in [0.15, 0.2) is 0 Å². The number of carbonyl (C=O) groups is 1. The number of hydrogen-bond donors (Lipinski definition) is 2. The molecular weight excluding hydrogens is 234 g/mol. The van der Waals surface area contributed by atoms with Crippen molar-refractivity contribution in [1.82, 2.24) is 14.9 Å². The molecule has 1 aromatic rings. The average Bonchev–Trinajstić information content (AvgIpc) is 2.80. The van der Waals surface area contributed by atoms with Crippen molar-refractivity contribution in [2.75, 3.05) is 6.54 Å². The van der Waals surface area contributed by atoms with E-state index in [1.807, 2.05) is 24.6 Å². The maximum absolute atomic E-state index is 11.6. The van der Waals surface area contributed by atoms with Gasteiger partial charge in [-0.15, -0.1) is 0 Å². The zero-order valence-corrected chi connectivity index (χ0v) is 11.4. The summed E-state index contributed by atoms with van der Waals surface area (Å²) >= 11 is 4.27. The van der Waals surface area contributed by atoms with Gasteiger partial charge in [0.25, 0.3) is 0 Å². The lowest BCUT2D eigenvalue weighted by atomic mass is 10.1. The molecule has 0 aromatic carbocycles. The molecule has 1 atom stereocenters. The maximum Gasteiger partial charge on any atom is 0.233 e. The van der Waals surface area contributed by atoms with Crippen LogP contribution in [-0.2, 0) is 11.3 Å². The molecule has 1 N–H and O–H groups in total. The Morgan fingerprint density at radius 1 is 1.47 bits per heavy atom. The van der Waals surface area contributed by atoms with E-state index in [1.165, 1.54) is 0 Å². The fourth-order valence-corrected chi connectivity index (χ4v) is 1.55. The second-order valence-corrected chi connectivity index (χ2v) is 5.04. The second-order valence-electron chi connectivity index (χ2n) is 4.49. The molecule has 0 spiro atoms. The van der Waals surface area contributed by atoms with Crippen LogP contribution in [0, 0.1) is 5.92 Å². The first kappa shape index (κ1) is 14.1. The van der Waals surface area contributed by atoms with E-state index in [-0.39, 0.29) is 17.1 Å². The van der Waals surface area contributed by atoms with Crippen LogP contribution in [-0.4, -0.2) is 27.3 Å². The van der Waals surface area contributed by atoms with Gasteiger partial charge in [0, 0.05) is 25.5 Å². The fourth-order valence-electron chi connectivity index (χ4n) is 1.46. The van der Waals surface area contributed by atoms with E-state index in [1.54, 1.807) is 12.5 Å². The van der Waals surface area contributed by atoms with Crippen molar-refractivity contribution >= 4 is 18.5 Å². The summed E-state index contributed by atoms with van der Waals surface area (Å²) < 4.78 is 2.04. The quantitative estimate of drug-likeness (QED) is 0.576. The molecule has 5 heteroatoms. The number of carbonyl (C=O) groups excluding carboxylic acids is 1. The SMILES string of the molecule is CC(C)C(S)C(=O)NCCCCn1ccnc1.